The van der Waals surface area contributed by atoms with Crippen molar-refractivity contribution in [1.82, 2.24) is 14.7 Å². The lowest BCUT2D eigenvalue weighted by Crippen LogP contribution is -2.28. The molecule has 0 radical (unpaired) electrons. The van der Waals surface area contributed by atoms with E-state index in [-0.39, 0.29) is 5.91 Å². The lowest BCUT2D eigenvalue weighted by molar-refractivity contribution is 0.0828. The summed E-state index contributed by atoms with van der Waals surface area (Å²) in [5.41, 5.74) is 0.695. The summed E-state index contributed by atoms with van der Waals surface area (Å²) in [7, 11) is 3.54. The molecule has 17 heavy (non-hydrogen) atoms. The van der Waals surface area contributed by atoms with Crippen LogP contribution in [0.25, 0.3) is 0 Å². The number of carbonyl (C=O) groups excluding carboxylic acids is 1. The van der Waals surface area contributed by atoms with Crippen LogP contribution in [0, 0.1) is 5.92 Å². The molecule has 5 nitrogen and oxygen atoms in total. The molecular formula is C12H18N4O. The van der Waals surface area contributed by atoms with Crippen LogP contribution < -0.4 is 5.32 Å². The first-order valence-electron chi connectivity index (χ1n) is 6.21. The second kappa shape index (κ2) is 3.75. The highest BCUT2D eigenvalue weighted by Crippen LogP contribution is 2.44. The molecule has 0 bridgehead atoms. The minimum Gasteiger partial charge on any atom is -0.370 e. The Balaban J connectivity index is 1.95. The minimum atomic E-state index is 0.0233. The van der Waals surface area contributed by atoms with Crippen LogP contribution in [0.3, 0.4) is 0 Å². The van der Waals surface area contributed by atoms with E-state index >= 15 is 0 Å². The maximum Gasteiger partial charge on any atom is 0.258 e. The van der Waals surface area contributed by atoms with Crippen molar-refractivity contribution < 1.29 is 4.79 Å². The van der Waals surface area contributed by atoms with E-state index in [2.05, 4.69) is 10.4 Å². The molecule has 1 saturated carbocycles. The van der Waals surface area contributed by atoms with Crippen molar-refractivity contribution in [2.24, 2.45) is 5.92 Å². The van der Waals surface area contributed by atoms with Crippen molar-refractivity contribution in [3.05, 3.63) is 11.8 Å². The third kappa shape index (κ3) is 1.69. The fourth-order valence-corrected chi connectivity index (χ4v) is 2.56. The van der Waals surface area contributed by atoms with Crippen LogP contribution in [0.2, 0.25) is 0 Å². The molecule has 0 saturated heterocycles. The van der Waals surface area contributed by atoms with E-state index < -0.39 is 0 Å². The number of amides is 1. The number of nitrogens with one attached hydrogen (secondary N) is 1. The molecule has 1 aromatic rings. The average molecular weight is 234 g/mol. The largest absolute Gasteiger partial charge is 0.370 e. The molecule has 3 rings (SSSR count). The molecule has 1 aromatic heterocycles. The SMILES string of the molecule is CN(C)C(=O)c1cnn2c1NCCC2C1CC1. The molecule has 0 spiro atoms. The minimum absolute atomic E-state index is 0.0233. The molecule has 1 aliphatic carbocycles. The quantitative estimate of drug-likeness (QED) is 0.840. The molecule has 92 valence electrons. The summed E-state index contributed by atoms with van der Waals surface area (Å²) >= 11 is 0. The maximum absolute atomic E-state index is 12.0. The number of hydrogen-bond acceptors (Lipinski definition) is 3. The van der Waals surface area contributed by atoms with Crippen LogP contribution >= 0.6 is 0 Å². The first-order valence-corrected chi connectivity index (χ1v) is 6.21. The van der Waals surface area contributed by atoms with Crippen LogP contribution in [-0.2, 0) is 0 Å². The summed E-state index contributed by atoms with van der Waals surface area (Å²) in [6.07, 6.45) is 5.43. The Bertz CT molecular complexity index is 447. The molecule has 1 N–H and O–H groups in total. The van der Waals surface area contributed by atoms with E-state index in [9.17, 15) is 4.79 Å². The van der Waals surface area contributed by atoms with Gasteiger partial charge in [0.05, 0.1) is 12.2 Å². The predicted molar refractivity (Wildman–Crippen MR) is 65.1 cm³/mol. The Morgan fingerprint density at radius 2 is 2.24 bits per heavy atom. The van der Waals surface area contributed by atoms with Gasteiger partial charge in [-0.3, -0.25) is 4.79 Å². The molecule has 0 aromatic carbocycles. The number of nitrogens with zero attached hydrogens (tertiary/aromatic N) is 3. The maximum atomic E-state index is 12.0. The number of aromatic nitrogens is 2. The van der Waals surface area contributed by atoms with Gasteiger partial charge in [-0.05, 0) is 25.2 Å². The van der Waals surface area contributed by atoms with Gasteiger partial charge in [0.25, 0.3) is 5.91 Å². The molecule has 2 aliphatic rings. The van der Waals surface area contributed by atoms with E-state index in [1.54, 1.807) is 25.2 Å². The Morgan fingerprint density at radius 1 is 1.47 bits per heavy atom. The molecule has 1 fully saturated rings. The van der Waals surface area contributed by atoms with Crippen LogP contribution in [0.1, 0.15) is 35.7 Å². The average Bonchev–Trinajstić information content (AvgIpc) is 3.07. The van der Waals surface area contributed by atoms with Gasteiger partial charge in [-0.2, -0.15) is 5.10 Å². The number of rotatable bonds is 2. The molecule has 5 heteroatoms. The Morgan fingerprint density at radius 3 is 2.88 bits per heavy atom. The van der Waals surface area contributed by atoms with Crippen molar-refractivity contribution in [1.29, 1.82) is 0 Å². The number of carbonyl (C=O) groups is 1. The van der Waals surface area contributed by atoms with Gasteiger partial charge in [0, 0.05) is 20.6 Å². The molecular weight excluding hydrogens is 216 g/mol. The number of anilines is 1. The highest BCUT2D eigenvalue weighted by Gasteiger charge is 2.37. The normalized spacial score (nSPS) is 22.8. The van der Waals surface area contributed by atoms with Gasteiger partial charge in [-0.15, -0.1) is 0 Å². The topological polar surface area (TPSA) is 50.2 Å². The van der Waals surface area contributed by atoms with Crippen LogP contribution in [0.5, 0.6) is 0 Å². The molecule has 1 unspecified atom stereocenters. The fraction of sp³-hybridized carbons (Fsp3) is 0.667. The predicted octanol–water partition coefficient (Wildman–Crippen LogP) is 1.35. The van der Waals surface area contributed by atoms with Crippen molar-refractivity contribution >= 4 is 11.7 Å². The molecule has 1 aliphatic heterocycles. The van der Waals surface area contributed by atoms with E-state index in [1.165, 1.54) is 12.8 Å². The van der Waals surface area contributed by atoms with Gasteiger partial charge in [0.15, 0.2) is 0 Å². The van der Waals surface area contributed by atoms with E-state index in [1.807, 2.05) is 4.68 Å². The fourth-order valence-electron chi connectivity index (χ4n) is 2.56. The van der Waals surface area contributed by atoms with Crippen molar-refractivity contribution in [3.8, 4) is 0 Å². The molecule has 1 amide bonds. The highest BCUT2D eigenvalue weighted by molar-refractivity contribution is 5.98. The van der Waals surface area contributed by atoms with Crippen LogP contribution in [0.4, 0.5) is 5.82 Å². The van der Waals surface area contributed by atoms with Gasteiger partial charge in [0.2, 0.25) is 0 Å². The Labute approximate surface area is 101 Å². The summed E-state index contributed by atoms with van der Waals surface area (Å²) in [5, 5.41) is 7.72. The second-order valence-corrected chi connectivity index (χ2v) is 5.17. The van der Waals surface area contributed by atoms with Crippen molar-refractivity contribution in [2.45, 2.75) is 25.3 Å². The summed E-state index contributed by atoms with van der Waals surface area (Å²) in [6.45, 7) is 0.945. The van der Waals surface area contributed by atoms with Crippen LogP contribution in [0.15, 0.2) is 6.20 Å². The van der Waals surface area contributed by atoms with Crippen molar-refractivity contribution in [3.63, 3.8) is 0 Å². The van der Waals surface area contributed by atoms with E-state index in [0.717, 1.165) is 24.7 Å². The monoisotopic (exact) mass is 234 g/mol. The van der Waals surface area contributed by atoms with Gasteiger partial charge < -0.3 is 10.2 Å². The Kier molecular flexibility index (Phi) is 2.34. The second-order valence-electron chi connectivity index (χ2n) is 5.17. The highest BCUT2D eigenvalue weighted by atomic mass is 16.2. The summed E-state index contributed by atoms with van der Waals surface area (Å²) in [5.74, 6) is 1.71. The summed E-state index contributed by atoms with van der Waals surface area (Å²) in [6, 6.07) is 0.495. The molecule has 1 atom stereocenters. The lowest BCUT2D eigenvalue weighted by atomic mass is 10.1. The van der Waals surface area contributed by atoms with Crippen LogP contribution in [-0.4, -0.2) is 41.2 Å². The third-order valence-electron chi connectivity index (χ3n) is 3.64. The Hall–Kier alpha value is -1.52. The zero-order chi connectivity index (χ0) is 12.0. The third-order valence-corrected chi connectivity index (χ3v) is 3.64. The zero-order valence-corrected chi connectivity index (χ0v) is 10.3. The van der Waals surface area contributed by atoms with E-state index in [0.29, 0.717) is 11.6 Å². The summed E-state index contributed by atoms with van der Waals surface area (Å²) < 4.78 is 2.03. The standard InChI is InChI=1S/C12H18N4O/c1-15(2)12(17)9-7-14-16-10(8-3-4-8)5-6-13-11(9)16/h7-8,10,13H,3-6H2,1-2H3. The van der Waals surface area contributed by atoms with Gasteiger partial charge in [0.1, 0.15) is 11.4 Å². The van der Waals surface area contributed by atoms with Gasteiger partial charge in [-0.1, -0.05) is 0 Å². The van der Waals surface area contributed by atoms with Gasteiger partial charge >= 0.3 is 0 Å². The molecule has 2 heterocycles. The number of fused-ring (bicyclic) bond motifs is 1. The number of hydrogen-bond donors (Lipinski definition) is 1. The smallest absolute Gasteiger partial charge is 0.258 e. The first kappa shape index (κ1) is 10.6. The summed E-state index contributed by atoms with van der Waals surface area (Å²) in [4.78, 5) is 13.6. The van der Waals surface area contributed by atoms with Crippen molar-refractivity contribution in [2.75, 3.05) is 26.0 Å². The van der Waals surface area contributed by atoms with Gasteiger partial charge in [-0.25, -0.2) is 4.68 Å². The zero-order valence-electron chi connectivity index (χ0n) is 10.3. The lowest BCUT2D eigenvalue weighted by Gasteiger charge is -2.26. The van der Waals surface area contributed by atoms with E-state index in [4.69, 9.17) is 0 Å². The first-order chi connectivity index (χ1) is 8.18.